The number of methoxy groups -OCH3 is 2. The van der Waals surface area contributed by atoms with Gasteiger partial charge in [0.1, 0.15) is 17.8 Å². The van der Waals surface area contributed by atoms with Crippen LogP contribution in [0, 0.1) is 11.8 Å². The van der Waals surface area contributed by atoms with E-state index in [0.29, 0.717) is 48.9 Å². The summed E-state index contributed by atoms with van der Waals surface area (Å²) in [5.74, 6) is 0.574. The van der Waals surface area contributed by atoms with E-state index in [-0.39, 0.29) is 29.0 Å². The zero-order valence-corrected chi connectivity index (χ0v) is 29.7. The van der Waals surface area contributed by atoms with Crippen molar-refractivity contribution in [3.8, 4) is 11.6 Å². The van der Waals surface area contributed by atoms with Crippen molar-refractivity contribution in [3.63, 3.8) is 0 Å². The van der Waals surface area contributed by atoms with Crippen LogP contribution in [0.3, 0.4) is 0 Å². The Bertz CT molecular complexity index is 1400. The first kappa shape index (κ1) is 41.5. The minimum Gasteiger partial charge on any atom is -0.497 e. The topological polar surface area (TPSA) is 173 Å². The molecule has 4 unspecified atom stereocenters. The molecule has 2 aromatic rings. The molecule has 1 aromatic heterocycles. The minimum atomic E-state index is -0.733. The summed E-state index contributed by atoms with van der Waals surface area (Å²) in [5.41, 5.74) is 5.13. The number of aromatic nitrogens is 1. The van der Waals surface area contributed by atoms with Crippen molar-refractivity contribution >= 4 is 28.7 Å². The highest BCUT2D eigenvalue weighted by atomic mass is 16.5. The number of fused-ring (bicyclic) bond motifs is 2. The molecule has 5 N–H and O–H groups in total. The molecule has 0 spiro atoms. The second-order valence-corrected chi connectivity index (χ2v) is 11.5. The number of benzene rings is 1. The van der Waals surface area contributed by atoms with Crippen LogP contribution < -0.4 is 26.0 Å². The number of allylic oxidation sites excluding steroid dienone is 1. The molecule has 2 aliphatic heterocycles. The van der Waals surface area contributed by atoms with E-state index in [1.165, 1.54) is 13.2 Å². The fourth-order valence-corrected chi connectivity index (χ4v) is 5.38. The van der Waals surface area contributed by atoms with Gasteiger partial charge in [-0.2, -0.15) is 0 Å². The van der Waals surface area contributed by atoms with Gasteiger partial charge in [-0.1, -0.05) is 46.3 Å². The first-order valence-electron chi connectivity index (χ1n) is 16.7. The van der Waals surface area contributed by atoms with Gasteiger partial charge in [-0.15, -0.1) is 0 Å². The first-order valence-corrected chi connectivity index (χ1v) is 16.7. The average molecular weight is 673 g/mol. The molecule has 12 nitrogen and oxygen atoms in total. The number of amides is 2. The number of aliphatic hydroxyl groups excluding tert-OH is 1. The van der Waals surface area contributed by atoms with E-state index in [1.807, 2.05) is 33.8 Å². The molecule has 4 rings (SSSR count). The maximum Gasteiger partial charge on any atom is 0.328 e. The Labute approximate surface area is 284 Å². The minimum absolute atomic E-state index is 0.0468. The average Bonchev–Trinajstić information content (AvgIpc) is 3.56. The molecule has 3 heterocycles. The second-order valence-electron chi connectivity index (χ2n) is 11.5. The van der Waals surface area contributed by atoms with Gasteiger partial charge < -0.3 is 40.3 Å². The van der Waals surface area contributed by atoms with Gasteiger partial charge in [-0.3, -0.25) is 14.4 Å². The first-order chi connectivity index (χ1) is 22.9. The standard InChI is InChI=1S/C20H32N2O4.C12H13NO3.C2H5NO.C2H6/c1-14-8-4-5-10-15(2)18(20(25)26-3)21-19(24)16-11-7-13-22(16)17(23)12-6-9-14;1-3-16-12-7-11(14)9-5-4-8(15-2)6-10(9)13-12;1-2(3)4;1-2/h5,10,14-16,18H,4,6-9,11-13H2,1-3H3,(H,21,24);4-7H,3H2,1-2H3,(H,13,14);4H,1,3H2;1-2H3/b10-5-;;;. The second kappa shape index (κ2) is 22.2. The molecule has 2 amide bonds. The lowest BCUT2D eigenvalue weighted by atomic mass is 9.97. The Kier molecular flexibility index (Phi) is 19.2. The van der Waals surface area contributed by atoms with E-state index in [1.54, 1.807) is 30.2 Å². The fourth-order valence-electron chi connectivity index (χ4n) is 5.38. The number of nitrogens with one attached hydrogen (secondary N) is 2. The van der Waals surface area contributed by atoms with E-state index in [4.69, 9.17) is 19.3 Å². The van der Waals surface area contributed by atoms with Gasteiger partial charge in [-0.05, 0) is 63.7 Å². The normalized spacial score (nSPS) is 21.9. The van der Waals surface area contributed by atoms with Crippen LogP contribution in [0.4, 0.5) is 0 Å². The molecule has 4 atom stereocenters. The van der Waals surface area contributed by atoms with Gasteiger partial charge >= 0.3 is 5.97 Å². The molecule has 48 heavy (non-hydrogen) atoms. The maximum atomic E-state index is 12.8. The monoisotopic (exact) mass is 672 g/mol. The summed E-state index contributed by atoms with van der Waals surface area (Å²) in [5, 5.41) is 11.1. The van der Waals surface area contributed by atoms with E-state index in [9.17, 15) is 19.2 Å². The van der Waals surface area contributed by atoms with E-state index >= 15 is 0 Å². The number of carbonyl (C=O) groups is 3. The van der Waals surface area contributed by atoms with Crippen molar-refractivity contribution < 1.29 is 33.7 Å². The Balaban J connectivity index is 0.000000444. The number of aliphatic hydroxyl groups is 1. The zero-order valence-electron chi connectivity index (χ0n) is 29.7. The van der Waals surface area contributed by atoms with Crippen molar-refractivity contribution in [1.29, 1.82) is 0 Å². The molecule has 1 aromatic carbocycles. The van der Waals surface area contributed by atoms with Crippen LogP contribution in [0.15, 0.2) is 53.7 Å². The molecule has 0 radical (unpaired) electrons. The molecule has 1 fully saturated rings. The highest BCUT2D eigenvalue weighted by molar-refractivity contribution is 5.91. The number of pyridine rings is 1. The summed E-state index contributed by atoms with van der Waals surface area (Å²) in [6.45, 7) is 14.0. The Morgan fingerprint density at radius 3 is 2.40 bits per heavy atom. The fraction of sp³-hybridized carbons (Fsp3) is 0.556. The van der Waals surface area contributed by atoms with Crippen molar-refractivity contribution in [2.75, 3.05) is 27.4 Å². The summed E-state index contributed by atoms with van der Waals surface area (Å²) < 4.78 is 15.2. The third kappa shape index (κ3) is 13.7. The van der Waals surface area contributed by atoms with Crippen LogP contribution in [-0.4, -0.2) is 72.2 Å². The summed E-state index contributed by atoms with van der Waals surface area (Å²) >= 11 is 0. The molecule has 12 heteroatoms. The van der Waals surface area contributed by atoms with Crippen LogP contribution >= 0.6 is 0 Å². The van der Waals surface area contributed by atoms with Gasteiger partial charge in [0.2, 0.25) is 11.8 Å². The predicted octanol–water partition coefficient (Wildman–Crippen LogP) is 5.36. The number of aromatic amines is 1. The van der Waals surface area contributed by atoms with Gasteiger partial charge in [0, 0.05) is 36.4 Å². The summed E-state index contributed by atoms with van der Waals surface area (Å²) in [4.78, 5) is 54.0. The number of hydrogen-bond acceptors (Lipinski definition) is 9. The highest BCUT2D eigenvalue weighted by Gasteiger charge is 2.36. The molecular weight excluding hydrogens is 616 g/mol. The van der Waals surface area contributed by atoms with Crippen LogP contribution in [0.1, 0.15) is 79.6 Å². The van der Waals surface area contributed by atoms with Gasteiger partial charge in [0.15, 0.2) is 17.2 Å². The highest BCUT2D eigenvalue weighted by Crippen LogP contribution is 2.23. The number of ether oxygens (including phenoxy) is 3. The van der Waals surface area contributed by atoms with Gasteiger partial charge in [0.25, 0.3) is 0 Å². The van der Waals surface area contributed by atoms with Crippen LogP contribution in [0.25, 0.3) is 10.9 Å². The molecule has 0 bridgehead atoms. The number of esters is 1. The SMILES string of the molecule is C=C(N)O.CC.CCOc1cc(=O)c2ccc(OC)cc2[nH]1.COC(=O)C1NC(=O)C2CCCN2C(=O)CCCC(C)CC/C=C\C1C. The molecular formula is C36H56N4O8. The third-order valence-electron chi connectivity index (χ3n) is 7.82. The lowest BCUT2D eigenvalue weighted by Gasteiger charge is -2.27. The number of H-pyrrole nitrogens is 1. The van der Waals surface area contributed by atoms with Crippen molar-refractivity contribution in [2.45, 2.75) is 91.6 Å². The maximum absolute atomic E-state index is 12.8. The van der Waals surface area contributed by atoms with Crippen molar-refractivity contribution in [3.05, 3.63) is 59.1 Å². The number of nitrogens with two attached hydrogens (primary N) is 1. The van der Waals surface area contributed by atoms with Crippen LogP contribution in [0.5, 0.6) is 11.6 Å². The van der Waals surface area contributed by atoms with Gasteiger partial charge in [-0.25, -0.2) is 4.79 Å². The van der Waals surface area contributed by atoms with E-state index in [2.05, 4.69) is 35.6 Å². The van der Waals surface area contributed by atoms with Gasteiger partial charge in [0.05, 0.1) is 26.3 Å². The Morgan fingerprint density at radius 2 is 1.77 bits per heavy atom. The number of carbonyl (C=O) groups excluding carboxylic acids is 3. The third-order valence-corrected chi connectivity index (χ3v) is 7.82. The van der Waals surface area contributed by atoms with Crippen LogP contribution in [0.2, 0.25) is 0 Å². The largest absolute Gasteiger partial charge is 0.497 e. The predicted molar refractivity (Wildman–Crippen MR) is 189 cm³/mol. The van der Waals surface area contributed by atoms with E-state index < -0.39 is 18.1 Å². The molecule has 0 saturated carbocycles. The zero-order chi connectivity index (χ0) is 36.2. The Morgan fingerprint density at radius 1 is 1.08 bits per heavy atom. The van der Waals surface area contributed by atoms with Crippen molar-refractivity contribution in [2.24, 2.45) is 17.6 Å². The number of hydrogen-bond donors (Lipinski definition) is 4. The summed E-state index contributed by atoms with van der Waals surface area (Å²) in [6, 6.07) is 5.52. The molecule has 268 valence electrons. The molecule has 0 aliphatic carbocycles. The number of nitrogens with zero attached hydrogens (tertiary/aromatic N) is 1. The van der Waals surface area contributed by atoms with E-state index in [0.717, 1.165) is 37.6 Å². The quantitative estimate of drug-likeness (QED) is 0.189. The lowest BCUT2D eigenvalue weighted by molar-refractivity contribution is -0.147. The smallest absolute Gasteiger partial charge is 0.328 e. The van der Waals surface area contributed by atoms with Crippen molar-refractivity contribution in [1.82, 2.24) is 15.2 Å². The lowest BCUT2D eigenvalue weighted by Crippen LogP contribution is -2.52. The summed E-state index contributed by atoms with van der Waals surface area (Å²) in [7, 11) is 2.92. The summed E-state index contributed by atoms with van der Waals surface area (Å²) in [6.07, 6.45) is 9.86. The Hall–Kier alpha value is -4.48. The number of rotatable bonds is 4. The molecule has 1 saturated heterocycles. The molecule has 2 aliphatic rings. The van der Waals surface area contributed by atoms with Crippen LogP contribution in [-0.2, 0) is 19.1 Å².